The van der Waals surface area contributed by atoms with Crippen molar-refractivity contribution in [2.45, 2.75) is 25.9 Å². The van der Waals surface area contributed by atoms with Gasteiger partial charge < -0.3 is 14.1 Å². The van der Waals surface area contributed by atoms with E-state index in [2.05, 4.69) is 15.9 Å². The number of aryl methyl sites for hydroxylation is 2. The third-order valence-corrected chi connectivity index (χ3v) is 4.71. The molecule has 2 heterocycles. The first kappa shape index (κ1) is 16.8. The highest BCUT2D eigenvalue weighted by atomic mass is 79.9. The van der Waals surface area contributed by atoms with Gasteiger partial charge in [0, 0.05) is 17.0 Å². The quantitative estimate of drug-likeness (QED) is 0.785. The van der Waals surface area contributed by atoms with Gasteiger partial charge in [0.25, 0.3) is 0 Å². The Morgan fingerprint density at radius 3 is 2.79 bits per heavy atom. The molecule has 1 saturated heterocycles. The lowest BCUT2D eigenvalue weighted by Crippen LogP contribution is -2.56. The Bertz CT molecular complexity index is 796. The van der Waals surface area contributed by atoms with Gasteiger partial charge in [0.05, 0.1) is 19.2 Å². The third-order valence-electron chi connectivity index (χ3n) is 3.94. The summed E-state index contributed by atoms with van der Waals surface area (Å²) in [5, 5.41) is 0. The summed E-state index contributed by atoms with van der Waals surface area (Å²) in [5.74, 6) is 1.13. The maximum Gasteiger partial charge on any atom is 0.339 e. The van der Waals surface area contributed by atoms with Crippen LogP contribution in [0.2, 0.25) is 0 Å². The molecule has 0 atom stereocenters. The number of halogens is 1. The molecular formula is C18H18BrNO4. The molecule has 0 bridgehead atoms. The molecule has 1 aliphatic rings. The fourth-order valence-electron chi connectivity index (χ4n) is 2.65. The number of nitrogens with zero attached hydrogens (tertiary/aromatic N) is 1. The molecule has 126 valence electrons. The zero-order valence-electron chi connectivity index (χ0n) is 13.3. The molecule has 2 aromatic rings. The minimum Gasteiger partial charge on any atom is -0.486 e. The van der Waals surface area contributed by atoms with Crippen molar-refractivity contribution in [1.29, 1.82) is 0 Å². The van der Waals surface area contributed by atoms with E-state index in [9.17, 15) is 9.59 Å². The Morgan fingerprint density at radius 2 is 2.08 bits per heavy atom. The highest BCUT2D eigenvalue weighted by molar-refractivity contribution is 9.10. The van der Waals surface area contributed by atoms with E-state index in [1.54, 1.807) is 17.9 Å². The number of carbonyl (C=O) groups excluding carboxylic acids is 1. The van der Waals surface area contributed by atoms with E-state index in [0.717, 1.165) is 10.0 Å². The van der Waals surface area contributed by atoms with Crippen LogP contribution in [0.15, 0.2) is 50.1 Å². The Balaban J connectivity index is 1.47. The second-order valence-corrected chi connectivity index (χ2v) is 6.71. The van der Waals surface area contributed by atoms with Crippen molar-refractivity contribution >= 4 is 21.8 Å². The number of rotatable bonds is 5. The van der Waals surface area contributed by atoms with Crippen LogP contribution in [0.3, 0.4) is 0 Å². The second-order valence-electron chi connectivity index (χ2n) is 5.85. The molecule has 24 heavy (non-hydrogen) atoms. The lowest BCUT2D eigenvalue weighted by atomic mass is 10.1. The van der Waals surface area contributed by atoms with Gasteiger partial charge in [-0.2, -0.15) is 0 Å². The van der Waals surface area contributed by atoms with Crippen molar-refractivity contribution in [3.63, 3.8) is 0 Å². The summed E-state index contributed by atoms with van der Waals surface area (Å²) in [4.78, 5) is 25.3. The van der Waals surface area contributed by atoms with Gasteiger partial charge in [-0.15, -0.1) is 0 Å². The standard InChI is InChI=1S/C18H18BrNO4/c1-12-8-14(9-18(22)23-12)24-15-10-20(11-15)17(21)7-6-13-4-2-3-5-16(13)19/h2-5,8-9,15H,6-7,10-11H2,1H3. The monoisotopic (exact) mass is 391 g/mol. The van der Waals surface area contributed by atoms with Crippen molar-refractivity contribution < 1.29 is 13.9 Å². The van der Waals surface area contributed by atoms with E-state index in [4.69, 9.17) is 9.15 Å². The normalized spacial score (nSPS) is 14.3. The van der Waals surface area contributed by atoms with Crippen molar-refractivity contribution in [2.75, 3.05) is 13.1 Å². The summed E-state index contributed by atoms with van der Waals surface area (Å²) in [7, 11) is 0. The van der Waals surface area contributed by atoms with Crippen LogP contribution in [-0.2, 0) is 11.2 Å². The van der Waals surface area contributed by atoms with Crippen LogP contribution in [0, 0.1) is 6.92 Å². The third kappa shape index (κ3) is 4.06. The number of ether oxygens (including phenoxy) is 1. The molecule has 1 aromatic carbocycles. The molecule has 0 N–H and O–H groups in total. The van der Waals surface area contributed by atoms with Crippen LogP contribution in [0.4, 0.5) is 0 Å². The summed E-state index contributed by atoms with van der Waals surface area (Å²) >= 11 is 3.49. The van der Waals surface area contributed by atoms with Crippen LogP contribution in [-0.4, -0.2) is 30.0 Å². The fourth-order valence-corrected chi connectivity index (χ4v) is 3.14. The smallest absolute Gasteiger partial charge is 0.339 e. The number of benzene rings is 1. The molecule has 0 radical (unpaired) electrons. The van der Waals surface area contributed by atoms with E-state index >= 15 is 0 Å². The Morgan fingerprint density at radius 1 is 1.33 bits per heavy atom. The Labute approximate surface area is 148 Å². The van der Waals surface area contributed by atoms with Crippen LogP contribution in [0.25, 0.3) is 0 Å². The largest absolute Gasteiger partial charge is 0.486 e. The zero-order chi connectivity index (χ0) is 17.1. The van der Waals surface area contributed by atoms with Gasteiger partial charge in [-0.05, 0) is 25.0 Å². The number of hydrogen-bond acceptors (Lipinski definition) is 4. The van der Waals surface area contributed by atoms with Gasteiger partial charge in [-0.3, -0.25) is 4.79 Å². The summed E-state index contributed by atoms with van der Waals surface area (Å²) in [6.45, 7) is 2.80. The summed E-state index contributed by atoms with van der Waals surface area (Å²) in [6.07, 6.45) is 1.11. The molecule has 1 amide bonds. The molecule has 1 fully saturated rings. The van der Waals surface area contributed by atoms with Crippen LogP contribution >= 0.6 is 15.9 Å². The van der Waals surface area contributed by atoms with E-state index in [-0.39, 0.29) is 12.0 Å². The van der Waals surface area contributed by atoms with Crippen LogP contribution < -0.4 is 10.4 Å². The fraction of sp³-hybridized carbons (Fsp3) is 0.333. The number of amides is 1. The van der Waals surface area contributed by atoms with E-state index < -0.39 is 5.63 Å². The van der Waals surface area contributed by atoms with Gasteiger partial charge in [0.1, 0.15) is 17.6 Å². The SMILES string of the molecule is Cc1cc(OC2CN(C(=O)CCc3ccccc3Br)C2)cc(=O)o1. The van der Waals surface area contributed by atoms with E-state index in [1.165, 1.54) is 6.07 Å². The van der Waals surface area contributed by atoms with Gasteiger partial charge >= 0.3 is 5.63 Å². The summed E-state index contributed by atoms with van der Waals surface area (Å²) in [5.41, 5.74) is 0.705. The van der Waals surface area contributed by atoms with Gasteiger partial charge in [-0.25, -0.2) is 4.79 Å². The highest BCUT2D eigenvalue weighted by Gasteiger charge is 2.32. The number of likely N-dealkylation sites (tertiary alicyclic amines) is 1. The molecule has 6 heteroatoms. The Hall–Kier alpha value is -2.08. The molecule has 0 aliphatic carbocycles. The van der Waals surface area contributed by atoms with Crippen LogP contribution in [0.5, 0.6) is 5.75 Å². The minimum absolute atomic E-state index is 0.0707. The molecule has 0 spiro atoms. The molecule has 1 aromatic heterocycles. The zero-order valence-corrected chi connectivity index (χ0v) is 14.9. The summed E-state index contributed by atoms with van der Waals surface area (Å²) < 4.78 is 11.6. The average Bonchev–Trinajstić information content (AvgIpc) is 2.48. The number of carbonyl (C=O) groups is 1. The van der Waals surface area contributed by atoms with Crippen molar-refractivity contribution in [3.05, 3.63) is 62.6 Å². The van der Waals surface area contributed by atoms with Crippen molar-refractivity contribution in [1.82, 2.24) is 4.90 Å². The molecular weight excluding hydrogens is 374 g/mol. The topological polar surface area (TPSA) is 59.8 Å². The van der Waals surface area contributed by atoms with Gasteiger partial charge in [0.15, 0.2) is 0 Å². The van der Waals surface area contributed by atoms with E-state index in [0.29, 0.717) is 37.4 Å². The van der Waals surface area contributed by atoms with Crippen molar-refractivity contribution in [3.8, 4) is 5.75 Å². The van der Waals surface area contributed by atoms with Crippen molar-refractivity contribution in [2.24, 2.45) is 0 Å². The lowest BCUT2D eigenvalue weighted by Gasteiger charge is -2.39. The van der Waals surface area contributed by atoms with Gasteiger partial charge in [0.2, 0.25) is 5.91 Å². The van der Waals surface area contributed by atoms with Gasteiger partial charge in [-0.1, -0.05) is 34.1 Å². The average molecular weight is 392 g/mol. The molecule has 0 saturated carbocycles. The summed E-state index contributed by atoms with van der Waals surface area (Å²) in [6, 6.07) is 10.9. The maximum absolute atomic E-state index is 12.2. The first-order valence-electron chi connectivity index (χ1n) is 7.81. The highest BCUT2D eigenvalue weighted by Crippen LogP contribution is 2.21. The number of hydrogen-bond donors (Lipinski definition) is 0. The lowest BCUT2D eigenvalue weighted by molar-refractivity contribution is -0.139. The first-order chi connectivity index (χ1) is 11.5. The molecule has 0 unspecified atom stereocenters. The minimum atomic E-state index is -0.425. The van der Waals surface area contributed by atoms with E-state index in [1.807, 2.05) is 24.3 Å². The molecule has 3 rings (SSSR count). The predicted molar refractivity (Wildman–Crippen MR) is 93.2 cm³/mol. The predicted octanol–water partition coefficient (Wildman–Crippen LogP) is 2.93. The van der Waals surface area contributed by atoms with Crippen LogP contribution in [0.1, 0.15) is 17.7 Å². The second kappa shape index (κ2) is 7.21. The molecule has 5 nitrogen and oxygen atoms in total. The Kier molecular flexibility index (Phi) is 5.04. The molecule has 1 aliphatic heterocycles. The maximum atomic E-state index is 12.2. The first-order valence-corrected chi connectivity index (χ1v) is 8.60.